The third kappa shape index (κ3) is 1.46. The SMILES string of the molecule is Cc1ccc(CCl)c(=O)n1C. The molecule has 3 heteroatoms. The van der Waals surface area contributed by atoms with E-state index >= 15 is 0 Å². The minimum absolute atomic E-state index is 0.000000000000000222. The van der Waals surface area contributed by atoms with Gasteiger partial charge in [0.2, 0.25) is 0 Å². The predicted molar refractivity (Wildman–Crippen MR) is 46.0 cm³/mol. The lowest BCUT2D eigenvalue weighted by molar-refractivity contribution is 0.807. The first-order valence-corrected chi connectivity index (χ1v) is 3.91. The van der Waals surface area contributed by atoms with Crippen LogP contribution in [0.2, 0.25) is 0 Å². The molecule has 60 valence electrons. The van der Waals surface area contributed by atoms with Crippen molar-refractivity contribution in [1.82, 2.24) is 4.57 Å². The van der Waals surface area contributed by atoms with Gasteiger partial charge < -0.3 is 4.57 Å². The molecule has 1 aromatic heterocycles. The van der Waals surface area contributed by atoms with Crippen molar-refractivity contribution in [3.63, 3.8) is 0 Å². The van der Waals surface area contributed by atoms with Gasteiger partial charge in [0.25, 0.3) is 5.56 Å². The van der Waals surface area contributed by atoms with E-state index in [9.17, 15) is 4.79 Å². The first-order valence-electron chi connectivity index (χ1n) is 3.38. The minimum atomic E-state index is 0.000000000000000222. The van der Waals surface area contributed by atoms with Crippen LogP contribution in [0.25, 0.3) is 0 Å². The molecule has 0 unspecified atom stereocenters. The van der Waals surface area contributed by atoms with Crippen molar-refractivity contribution in [3.05, 3.63) is 33.7 Å². The van der Waals surface area contributed by atoms with Crippen LogP contribution in [0.5, 0.6) is 0 Å². The normalized spacial score (nSPS) is 10.1. The van der Waals surface area contributed by atoms with E-state index in [2.05, 4.69) is 0 Å². The molecule has 0 amide bonds. The summed E-state index contributed by atoms with van der Waals surface area (Å²) in [5.41, 5.74) is 1.60. The van der Waals surface area contributed by atoms with Crippen molar-refractivity contribution < 1.29 is 0 Å². The quantitative estimate of drug-likeness (QED) is 0.586. The fraction of sp³-hybridized carbons (Fsp3) is 0.375. The molecule has 0 saturated heterocycles. The summed E-state index contributed by atoms with van der Waals surface area (Å²) in [6.45, 7) is 1.89. The molecule has 0 bridgehead atoms. The van der Waals surface area contributed by atoms with Gasteiger partial charge in [-0.2, -0.15) is 0 Å². The summed E-state index contributed by atoms with van der Waals surface area (Å²) in [4.78, 5) is 11.3. The van der Waals surface area contributed by atoms with Gasteiger partial charge in [0, 0.05) is 18.3 Å². The van der Waals surface area contributed by atoms with Crippen LogP contribution in [-0.2, 0) is 12.9 Å². The molecule has 11 heavy (non-hydrogen) atoms. The van der Waals surface area contributed by atoms with Gasteiger partial charge in [-0.15, -0.1) is 11.6 Å². The zero-order valence-electron chi connectivity index (χ0n) is 6.60. The molecule has 1 rings (SSSR count). The molecular formula is C8H10ClNO. The fourth-order valence-electron chi connectivity index (χ4n) is 0.882. The molecule has 1 heterocycles. The Morgan fingerprint density at radius 1 is 1.55 bits per heavy atom. The van der Waals surface area contributed by atoms with E-state index in [0.717, 1.165) is 5.69 Å². The number of pyridine rings is 1. The number of halogens is 1. The van der Waals surface area contributed by atoms with E-state index in [-0.39, 0.29) is 11.4 Å². The van der Waals surface area contributed by atoms with Crippen molar-refractivity contribution in [1.29, 1.82) is 0 Å². The van der Waals surface area contributed by atoms with Gasteiger partial charge in [-0.05, 0) is 13.0 Å². The zero-order valence-corrected chi connectivity index (χ0v) is 7.35. The number of aromatic nitrogens is 1. The standard InChI is InChI=1S/C8H10ClNO/c1-6-3-4-7(5-9)8(11)10(6)2/h3-4H,5H2,1-2H3. The molecule has 0 radical (unpaired) electrons. The van der Waals surface area contributed by atoms with E-state index in [1.54, 1.807) is 17.7 Å². The van der Waals surface area contributed by atoms with Crippen molar-refractivity contribution in [2.45, 2.75) is 12.8 Å². The van der Waals surface area contributed by atoms with E-state index < -0.39 is 0 Å². The summed E-state index contributed by atoms with van der Waals surface area (Å²) >= 11 is 5.54. The van der Waals surface area contributed by atoms with Crippen molar-refractivity contribution in [3.8, 4) is 0 Å². The molecule has 0 saturated carbocycles. The van der Waals surface area contributed by atoms with Gasteiger partial charge in [-0.25, -0.2) is 0 Å². The second-order valence-corrected chi connectivity index (χ2v) is 2.77. The van der Waals surface area contributed by atoms with Gasteiger partial charge in [0.1, 0.15) is 0 Å². The lowest BCUT2D eigenvalue weighted by Crippen LogP contribution is -2.21. The highest BCUT2D eigenvalue weighted by Gasteiger charge is 2.00. The maximum atomic E-state index is 11.3. The molecule has 2 nitrogen and oxygen atoms in total. The molecule has 0 fully saturated rings. The minimum Gasteiger partial charge on any atom is -0.316 e. The van der Waals surface area contributed by atoms with Crippen LogP contribution in [0, 0.1) is 6.92 Å². The lowest BCUT2D eigenvalue weighted by Gasteiger charge is -2.03. The molecule has 0 aromatic carbocycles. The molecule has 0 aliphatic carbocycles. The van der Waals surface area contributed by atoms with Crippen LogP contribution >= 0.6 is 11.6 Å². The Hall–Kier alpha value is -0.760. The largest absolute Gasteiger partial charge is 0.316 e. The van der Waals surface area contributed by atoms with Crippen LogP contribution in [0.4, 0.5) is 0 Å². The molecule has 0 N–H and O–H groups in total. The Kier molecular flexibility index (Phi) is 2.35. The molecule has 1 aromatic rings. The number of alkyl halides is 1. The Bertz CT molecular complexity index is 316. The molecule has 0 atom stereocenters. The Morgan fingerprint density at radius 3 is 2.73 bits per heavy atom. The average Bonchev–Trinajstić information content (AvgIpc) is 2.01. The third-order valence-corrected chi connectivity index (χ3v) is 2.07. The molecule has 0 aliphatic heterocycles. The van der Waals surface area contributed by atoms with Crippen molar-refractivity contribution >= 4 is 11.6 Å². The summed E-state index contributed by atoms with van der Waals surface area (Å²) in [5, 5.41) is 0. The molecule has 0 aliphatic rings. The van der Waals surface area contributed by atoms with Gasteiger partial charge in [0.05, 0.1) is 5.88 Å². The zero-order chi connectivity index (χ0) is 8.43. The highest BCUT2D eigenvalue weighted by atomic mass is 35.5. The summed E-state index contributed by atoms with van der Waals surface area (Å²) < 4.78 is 1.59. The highest BCUT2D eigenvalue weighted by Crippen LogP contribution is 1.98. The van der Waals surface area contributed by atoms with Crippen LogP contribution < -0.4 is 5.56 Å². The maximum absolute atomic E-state index is 11.3. The topological polar surface area (TPSA) is 22.0 Å². The summed E-state index contributed by atoms with van der Waals surface area (Å²) in [6, 6.07) is 3.66. The van der Waals surface area contributed by atoms with Gasteiger partial charge in [-0.3, -0.25) is 4.79 Å². The van der Waals surface area contributed by atoms with Gasteiger partial charge in [-0.1, -0.05) is 6.07 Å². The van der Waals surface area contributed by atoms with Crippen molar-refractivity contribution in [2.24, 2.45) is 7.05 Å². The summed E-state index contributed by atoms with van der Waals surface area (Å²) in [6.07, 6.45) is 0. The first-order chi connectivity index (χ1) is 5.16. The number of hydrogen-bond donors (Lipinski definition) is 0. The summed E-state index contributed by atoms with van der Waals surface area (Å²) in [7, 11) is 1.74. The third-order valence-electron chi connectivity index (χ3n) is 1.78. The smallest absolute Gasteiger partial charge is 0.254 e. The van der Waals surface area contributed by atoms with Gasteiger partial charge in [0.15, 0.2) is 0 Å². The van der Waals surface area contributed by atoms with Crippen LogP contribution in [0.15, 0.2) is 16.9 Å². The Balaban J connectivity index is 3.37. The Morgan fingerprint density at radius 2 is 2.18 bits per heavy atom. The average molecular weight is 172 g/mol. The number of hydrogen-bond acceptors (Lipinski definition) is 1. The molecule has 0 spiro atoms. The second kappa shape index (κ2) is 3.09. The monoisotopic (exact) mass is 171 g/mol. The summed E-state index contributed by atoms with van der Waals surface area (Å²) in [5.74, 6) is 0.285. The second-order valence-electron chi connectivity index (χ2n) is 2.50. The number of rotatable bonds is 1. The molecular weight excluding hydrogens is 162 g/mol. The van der Waals surface area contributed by atoms with Crippen LogP contribution in [0.3, 0.4) is 0 Å². The van der Waals surface area contributed by atoms with Crippen molar-refractivity contribution in [2.75, 3.05) is 0 Å². The van der Waals surface area contributed by atoms with Gasteiger partial charge >= 0.3 is 0 Å². The number of aryl methyl sites for hydroxylation is 1. The van der Waals surface area contributed by atoms with E-state index in [1.807, 2.05) is 13.0 Å². The highest BCUT2D eigenvalue weighted by molar-refractivity contribution is 6.17. The van der Waals surface area contributed by atoms with E-state index in [0.29, 0.717) is 5.56 Å². The predicted octanol–water partition coefficient (Wildman–Crippen LogP) is 1.43. The van der Waals surface area contributed by atoms with Crippen LogP contribution in [-0.4, -0.2) is 4.57 Å². The van der Waals surface area contributed by atoms with Crippen LogP contribution in [0.1, 0.15) is 11.3 Å². The fourth-order valence-corrected chi connectivity index (χ4v) is 1.08. The Labute approximate surface area is 70.4 Å². The van der Waals surface area contributed by atoms with E-state index in [4.69, 9.17) is 11.6 Å². The maximum Gasteiger partial charge on any atom is 0.254 e. The first kappa shape index (κ1) is 8.34. The number of nitrogens with zero attached hydrogens (tertiary/aromatic N) is 1. The lowest BCUT2D eigenvalue weighted by atomic mass is 10.3. The van der Waals surface area contributed by atoms with E-state index in [1.165, 1.54) is 0 Å².